The van der Waals surface area contributed by atoms with Crippen LogP contribution in [-0.2, 0) is 14.2 Å². The zero-order valence-corrected chi connectivity index (χ0v) is 22.3. The molecule has 0 amide bonds. The van der Waals surface area contributed by atoms with Crippen LogP contribution >= 0.6 is 0 Å². The molecule has 7 N–H and O–H groups in total. The monoisotopic (exact) mass is 592 g/mol. The molecule has 14 heteroatoms. The van der Waals surface area contributed by atoms with Crippen molar-refractivity contribution in [1.29, 1.82) is 0 Å². The Labute approximate surface area is 238 Å². The van der Waals surface area contributed by atoms with E-state index in [1.807, 2.05) is 0 Å². The second-order valence-corrected chi connectivity index (χ2v) is 9.99. The van der Waals surface area contributed by atoms with Crippen molar-refractivity contribution in [2.45, 2.75) is 61.4 Å². The lowest BCUT2D eigenvalue weighted by molar-refractivity contribution is -0.352. The molecule has 228 valence electrons. The van der Waals surface area contributed by atoms with Gasteiger partial charge in [0.05, 0.1) is 31.3 Å². The van der Waals surface area contributed by atoms with E-state index in [0.717, 1.165) is 0 Å². The number of aliphatic hydroxyl groups is 7. The van der Waals surface area contributed by atoms with Crippen LogP contribution < -0.4 is 14.9 Å². The third-order valence-electron chi connectivity index (χ3n) is 7.36. The van der Waals surface area contributed by atoms with Crippen LogP contribution in [0.2, 0.25) is 0 Å². The van der Waals surface area contributed by atoms with Gasteiger partial charge in [-0.15, -0.1) is 0 Å². The van der Waals surface area contributed by atoms with Gasteiger partial charge < -0.3 is 63.8 Å². The first kappa shape index (κ1) is 30.3. The second-order valence-electron chi connectivity index (χ2n) is 9.99. The first-order valence-electron chi connectivity index (χ1n) is 13.1. The predicted molar refractivity (Wildman–Crippen MR) is 142 cm³/mol. The number of aliphatic hydroxyl groups excluding tert-OH is 7. The van der Waals surface area contributed by atoms with Gasteiger partial charge in [-0.2, -0.15) is 0 Å². The van der Waals surface area contributed by atoms with Gasteiger partial charge >= 0.3 is 0 Å². The molecule has 3 heterocycles. The molecule has 3 aromatic rings. The lowest BCUT2D eigenvalue weighted by atomic mass is 9.97. The highest BCUT2D eigenvalue weighted by molar-refractivity contribution is 5.82. The van der Waals surface area contributed by atoms with E-state index in [2.05, 4.69) is 0 Å². The summed E-state index contributed by atoms with van der Waals surface area (Å²) in [6, 6.07) is 11.2. The van der Waals surface area contributed by atoms with Gasteiger partial charge in [0.2, 0.25) is 6.29 Å². The number of ether oxygens (including phenoxy) is 5. The summed E-state index contributed by atoms with van der Waals surface area (Å²) in [7, 11) is 1.54. The van der Waals surface area contributed by atoms with E-state index in [9.17, 15) is 40.5 Å². The van der Waals surface area contributed by atoms with Crippen molar-refractivity contribution < 1.29 is 63.8 Å². The van der Waals surface area contributed by atoms with Crippen LogP contribution in [0.15, 0.2) is 57.9 Å². The Morgan fingerprint density at radius 3 is 2.07 bits per heavy atom. The Hall–Kier alpha value is -3.15. The van der Waals surface area contributed by atoms with Gasteiger partial charge in [0, 0.05) is 6.07 Å². The van der Waals surface area contributed by atoms with E-state index in [0.29, 0.717) is 16.9 Å². The Morgan fingerprint density at radius 1 is 0.762 bits per heavy atom. The fraction of sp³-hybridized carbons (Fsp3) is 0.464. The van der Waals surface area contributed by atoms with Crippen molar-refractivity contribution in [3.8, 4) is 22.6 Å². The van der Waals surface area contributed by atoms with Gasteiger partial charge in [-0.1, -0.05) is 12.1 Å². The average molecular weight is 593 g/mol. The lowest BCUT2D eigenvalue weighted by Gasteiger charge is -2.45. The normalized spacial score (nSPS) is 33.4. The molecule has 10 unspecified atom stereocenters. The van der Waals surface area contributed by atoms with Crippen LogP contribution in [0, 0.1) is 0 Å². The summed E-state index contributed by atoms with van der Waals surface area (Å²) in [5.74, 6) is 0.737. The number of rotatable bonds is 8. The number of fused-ring (bicyclic) bond motifs is 1. The topological polar surface area (TPSA) is 218 Å². The van der Waals surface area contributed by atoms with E-state index in [1.54, 1.807) is 24.3 Å². The van der Waals surface area contributed by atoms with Gasteiger partial charge in [-0.25, -0.2) is 0 Å². The number of hydrogen-bond donors (Lipinski definition) is 7. The molecular weight excluding hydrogens is 560 g/mol. The van der Waals surface area contributed by atoms with Crippen molar-refractivity contribution in [2.24, 2.45) is 0 Å². The van der Waals surface area contributed by atoms with Crippen LogP contribution in [0.5, 0.6) is 11.5 Å². The molecule has 14 nitrogen and oxygen atoms in total. The fourth-order valence-corrected chi connectivity index (χ4v) is 4.93. The summed E-state index contributed by atoms with van der Waals surface area (Å²) in [6.45, 7) is -1.42. The molecular formula is C28H32O14. The van der Waals surface area contributed by atoms with Crippen molar-refractivity contribution in [1.82, 2.24) is 0 Å². The van der Waals surface area contributed by atoms with Crippen LogP contribution in [-0.4, -0.2) is 117 Å². The summed E-state index contributed by atoms with van der Waals surface area (Å²) in [4.78, 5) is 13.2. The highest BCUT2D eigenvalue weighted by atomic mass is 16.7. The second kappa shape index (κ2) is 12.6. The third-order valence-corrected chi connectivity index (χ3v) is 7.36. The minimum absolute atomic E-state index is 0.103. The Morgan fingerprint density at radius 2 is 1.40 bits per heavy atom. The fourth-order valence-electron chi connectivity index (χ4n) is 4.93. The van der Waals surface area contributed by atoms with Gasteiger partial charge in [0.25, 0.3) is 0 Å². The molecule has 2 saturated heterocycles. The minimum atomic E-state index is -1.80. The maximum absolute atomic E-state index is 13.2. The molecule has 0 aliphatic carbocycles. The summed E-state index contributed by atoms with van der Waals surface area (Å²) < 4.78 is 33.1. The zero-order valence-electron chi connectivity index (χ0n) is 22.3. The summed E-state index contributed by atoms with van der Waals surface area (Å²) in [5, 5.41) is 71.5. The molecule has 10 atom stereocenters. The van der Waals surface area contributed by atoms with Crippen LogP contribution in [0.1, 0.15) is 0 Å². The summed E-state index contributed by atoms with van der Waals surface area (Å²) in [5.41, 5.74) is 0.841. The molecule has 2 fully saturated rings. The smallest absolute Gasteiger partial charge is 0.229 e. The first-order chi connectivity index (χ1) is 20.2. The Bertz CT molecular complexity index is 1410. The average Bonchev–Trinajstić information content (AvgIpc) is 3.00. The highest BCUT2D eigenvalue weighted by Crippen LogP contribution is 2.31. The molecule has 2 aromatic carbocycles. The maximum Gasteiger partial charge on any atom is 0.229 e. The standard InChI is InChI=1S/C28H32O14/c1-37-13-4-2-12(3-5-13)16-11-38-17-8-14(6-7-15(17)20(16)31)39-28-25(36)26(22(33)19(10-30)41-28)42-27-24(35)23(34)21(32)18(9-29)40-27/h2-8,11,18-19,21-30,32-36H,9-10H2,1H3. The van der Waals surface area contributed by atoms with E-state index in [-0.39, 0.29) is 22.1 Å². The molecule has 42 heavy (non-hydrogen) atoms. The van der Waals surface area contributed by atoms with E-state index < -0.39 is 74.6 Å². The Kier molecular flexibility index (Phi) is 9.10. The van der Waals surface area contributed by atoms with Crippen LogP contribution in [0.3, 0.4) is 0 Å². The van der Waals surface area contributed by atoms with Crippen LogP contribution in [0.25, 0.3) is 22.1 Å². The van der Waals surface area contributed by atoms with E-state index in [1.165, 1.54) is 31.6 Å². The number of methoxy groups -OCH3 is 1. The highest BCUT2D eigenvalue weighted by Gasteiger charge is 2.51. The molecule has 0 saturated carbocycles. The van der Waals surface area contributed by atoms with Gasteiger partial charge in [0.15, 0.2) is 11.7 Å². The van der Waals surface area contributed by atoms with Crippen molar-refractivity contribution in [2.75, 3.05) is 20.3 Å². The SMILES string of the molecule is COc1ccc(-c2coc3cc(OC4OC(CO)C(O)C(OC5OC(CO)C(O)C(O)C5O)C4O)ccc3c2=O)cc1. The van der Waals surface area contributed by atoms with Gasteiger partial charge in [-0.05, 0) is 29.8 Å². The molecule has 0 radical (unpaired) electrons. The Balaban J connectivity index is 1.36. The molecule has 0 bridgehead atoms. The third kappa shape index (κ3) is 5.74. The largest absolute Gasteiger partial charge is 0.497 e. The maximum atomic E-state index is 13.2. The zero-order chi connectivity index (χ0) is 30.1. The molecule has 5 rings (SSSR count). The molecule has 1 aromatic heterocycles. The predicted octanol–water partition coefficient (Wildman–Crippen LogP) is -1.53. The quantitative estimate of drug-likeness (QED) is 0.158. The van der Waals surface area contributed by atoms with Gasteiger partial charge in [0.1, 0.15) is 72.2 Å². The first-order valence-corrected chi connectivity index (χ1v) is 13.1. The summed E-state index contributed by atoms with van der Waals surface area (Å²) >= 11 is 0. The van der Waals surface area contributed by atoms with Gasteiger partial charge in [-0.3, -0.25) is 4.79 Å². The van der Waals surface area contributed by atoms with Crippen molar-refractivity contribution in [3.05, 3.63) is 59.0 Å². The van der Waals surface area contributed by atoms with Crippen molar-refractivity contribution >= 4 is 11.0 Å². The van der Waals surface area contributed by atoms with Crippen LogP contribution in [0.4, 0.5) is 0 Å². The summed E-state index contributed by atoms with van der Waals surface area (Å²) in [6.07, 6.45) is -14.6. The molecule has 2 aliphatic heterocycles. The van der Waals surface area contributed by atoms with E-state index in [4.69, 9.17) is 28.1 Å². The van der Waals surface area contributed by atoms with E-state index >= 15 is 0 Å². The number of benzene rings is 2. The molecule has 0 spiro atoms. The van der Waals surface area contributed by atoms with Crippen molar-refractivity contribution in [3.63, 3.8) is 0 Å². The minimum Gasteiger partial charge on any atom is -0.497 e. The lowest BCUT2D eigenvalue weighted by Crippen LogP contribution is -2.65. The number of hydrogen-bond acceptors (Lipinski definition) is 14. The molecule has 2 aliphatic rings.